The maximum atomic E-state index is 12.7. The maximum Gasteiger partial charge on any atom is 0.341 e. The van der Waals surface area contributed by atoms with Gasteiger partial charge in [-0.3, -0.25) is 4.90 Å². The van der Waals surface area contributed by atoms with Gasteiger partial charge in [0.2, 0.25) is 0 Å². The second-order valence-electron chi connectivity index (χ2n) is 9.17. The molecule has 1 N–H and O–H groups in total. The number of thiocarbonyl (C=S) groups is 1. The molecule has 0 unspecified atom stereocenters. The van der Waals surface area contributed by atoms with E-state index in [4.69, 9.17) is 17.0 Å². The molecule has 1 aliphatic heterocycles. The Hall–Kier alpha value is -3.26. The van der Waals surface area contributed by atoms with Crippen LogP contribution in [0, 0.1) is 0 Å². The number of fused-ring (bicyclic) bond motifs is 1. The molecule has 1 fully saturated rings. The molecule has 0 atom stereocenters. The van der Waals surface area contributed by atoms with Gasteiger partial charge in [0, 0.05) is 44.0 Å². The van der Waals surface area contributed by atoms with E-state index in [1.165, 1.54) is 21.9 Å². The van der Waals surface area contributed by atoms with Crippen molar-refractivity contribution in [3.8, 4) is 0 Å². The highest BCUT2D eigenvalue weighted by Crippen LogP contribution is 2.31. The van der Waals surface area contributed by atoms with Crippen LogP contribution in [0.2, 0.25) is 0 Å². The van der Waals surface area contributed by atoms with Crippen LogP contribution in [0.15, 0.2) is 78.9 Å². The Labute approximate surface area is 227 Å². The molecule has 190 valence electrons. The molecule has 0 radical (unpaired) electrons. The van der Waals surface area contributed by atoms with Gasteiger partial charge in [0.1, 0.15) is 5.00 Å². The molecule has 2 heterocycles. The predicted molar refractivity (Wildman–Crippen MR) is 157 cm³/mol. The first-order valence-corrected chi connectivity index (χ1v) is 13.9. The summed E-state index contributed by atoms with van der Waals surface area (Å²) in [7, 11) is 0. The van der Waals surface area contributed by atoms with Crippen molar-refractivity contribution in [3.05, 3.63) is 100 Å². The van der Waals surface area contributed by atoms with Crippen LogP contribution in [0.5, 0.6) is 0 Å². The zero-order valence-electron chi connectivity index (χ0n) is 21.0. The molecule has 0 amide bonds. The van der Waals surface area contributed by atoms with E-state index in [0.29, 0.717) is 17.3 Å². The van der Waals surface area contributed by atoms with Gasteiger partial charge in [0.25, 0.3) is 0 Å². The Bertz CT molecular complexity index is 1370. The van der Waals surface area contributed by atoms with E-state index in [2.05, 4.69) is 69.7 Å². The smallest absolute Gasteiger partial charge is 0.341 e. The van der Waals surface area contributed by atoms with E-state index in [1.54, 1.807) is 11.3 Å². The lowest BCUT2D eigenvalue weighted by molar-refractivity contribution is 0.0528. The van der Waals surface area contributed by atoms with E-state index in [-0.39, 0.29) is 5.97 Å². The van der Waals surface area contributed by atoms with Crippen molar-refractivity contribution in [1.82, 2.24) is 9.80 Å². The SMILES string of the molecule is CCOC(=O)c1cc(Cc2ccccc2)sc1NC(=S)N1CCN(Cc2cccc3ccccc23)CC1. The molecule has 37 heavy (non-hydrogen) atoms. The van der Waals surface area contributed by atoms with Crippen molar-refractivity contribution in [3.63, 3.8) is 0 Å². The fraction of sp³-hybridized carbons (Fsp3) is 0.267. The Kier molecular flexibility index (Phi) is 8.14. The normalized spacial score (nSPS) is 14.0. The molecule has 7 heteroatoms. The molecule has 0 bridgehead atoms. The topological polar surface area (TPSA) is 44.8 Å². The molecule has 1 aliphatic rings. The van der Waals surface area contributed by atoms with Crippen LogP contribution in [-0.2, 0) is 17.7 Å². The van der Waals surface area contributed by atoms with Crippen LogP contribution >= 0.6 is 23.6 Å². The molecular formula is C30H31N3O2S2. The highest BCUT2D eigenvalue weighted by atomic mass is 32.1. The molecule has 5 nitrogen and oxygen atoms in total. The number of carbonyl (C=O) groups excluding carboxylic acids is 1. The van der Waals surface area contributed by atoms with Gasteiger partial charge in [-0.05, 0) is 47.1 Å². The summed E-state index contributed by atoms with van der Waals surface area (Å²) in [4.78, 5) is 18.5. The third-order valence-electron chi connectivity index (χ3n) is 6.65. The molecule has 4 aromatic rings. The molecule has 5 rings (SSSR count). The lowest BCUT2D eigenvalue weighted by Crippen LogP contribution is -2.49. The van der Waals surface area contributed by atoms with Crippen molar-refractivity contribution < 1.29 is 9.53 Å². The largest absolute Gasteiger partial charge is 0.462 e. The molecule has 3 aromatic carbocycles. The van der Waals surface area contributed by atoms with Crippen LogP contribution in [0.25, 0.3) is 10.8 Å². The first kappa shape index (κ1) is 25.4. The van der Waals surface area contributed by atoms with Gasteiger partial charge in [-0.15, -0.1) is 11.3 Å². The van der Waals surface area contributed by atoms with Crippen LogP contribution < -0.4 is 5.32 Å². The number of ether oxygens (including phenoxy) is 1. The molecule has 1 saturated heterocycles. The minimum absolute atomic E-state index is 0.316. The molecular weight excluding hydrogens is 498 g/mol. The van der Waals surface area contributed by atoms with E-state index in [9.17, 15) is 4.79 Å². The summed E-state index contributed by atoms with van der Waals surface area (Å²) in [5, 5.41) is 7.39. The van der Waals surface area contributed by atoms with E-state index >= 15 is 0 Å². The average molecular weight is 530 g/mol. The summed E-state index contributed by atoms with van der Waals surface area (Å²) in [6.45, 7) is 6.63. The Morgan fingerprint density at radius 2 is 1.70 bits per heavy atom. The van der Waals surface area contributed by atoms with Crippen LogP contribution in [0.1, 0.15) is 33.3 Å². The number of piperazine rings is 1. The minimum Gasteiger partial charge on any atom is -0.462 e. The van der Waals surface area contributed by atoms with Crippen molar-refractivity contribution in [2.75, 3.05) is 38.1 Å². The molecule has 0 spiro atoms. The standard InChI is InChI=1S/C30H31N3O2S2/c1-2-35-29(34)27-20-25(19-22-9-4-3-5-10-22)37-28(27)31-30(36)33-17-15-32(16-18-33)21-24-13-8-12-23-11-6-7-14-26(23)24/h3-14,20H,2,15-19,21H2,1H3,(H,31,36). The number of anilines is 1. The van der Waals surface area contributed by atoms with Crippen molar-refractivity contribution >= 4 is 50.4 Å². The van der Waals surface area contributed by atoms with E-state index in [0.717, 1.165) is 49.0 Å². The monoisotopic (exact) mass is 529 g/mol. The zero-order valence-corrected chi connectivity index (χ0v) is 22.6. The number of nitrogens with zero attached hydrogens (tertiary/aromatic N) is 2. The van der Waals surface area contributed by atoms with Gasteiger partial charge < -0.3 is 15.0 Å². The fourth-order valence-electron chi connectivity index (χ4n) is 4.74. The van der Waals surface area contributed by atoms with Gasteiger partial charge in [0.05, 0.1) is 12.2 Å². The number of hydrogen-bond donors (Lipinski definition) is 1. The second-order valence-corrected chi connectivity index (χ2v) is 10.7. The third kappa shape index (κ3) is 6.18. The summed E-state index contributed by atoms with van der Waals surface area (Å²) in [6.07, 6.45) is 0.763. The van der Waals surface area contributed by atoms with Crippen molar-refractivity contribution in [2.24, 2.45) is 0 Å². The number of hydrogen-bond acceptors (Lipinski definition) is 5. The highest BCUT2D eigenvalue weighted by Gasteiger charge is 2.23. The van der Waals surface area contributed by atoms with E-state index < -0.39 is 0 Å². The molecule has 0 aliphatic carbocycles. The number of esters is 1. The number of rotatable bonds is 7. The maximum absolute atomic E-state index is 12.7. The number of thiophene rings is 1. The first-order chi connectivity index (χ1) is 18.1. The summed E-state index contributed by atoms with van der Waals surface area (Å²) in [6, 6.07) is 27.3. The van der Waals surface area contributed by atoms with E-state index in [1.807, 2.05) is 31.2 Å². The number of nitrogens with one attached hydrogen (secondary N) is 1. The summed E-state index contributed by atoms with van der Waals surface area (Å²) < 4.78 is 5.32. The third-order valence-corrected chi connectivity index (χ3v) is 8.06. The predicted octanol–water partition coefficient (Wildman–Crippen LogP) is 6.18. The Morgan fingerprint density at radius 3 is 2.49 bits per heavy atom. The van der Waals surface area contributed by atoms with Crippen molar-refractivity contribution in [1.29, 1.82) is 0 Å². The van der Waals surface area contributed by atoms with Crippen LogP contribution in [-0.4, -0.2) is 53.7 Å². The van der Waals surface area contributed by atoms with Gasteiger partial charge in [0.15, 0.2) is 5.11 Å². The molecule has 1 aromatic heterocycles. The lowest BCUT2D eigenvalue weighted by atomic mass is 10.0. The van der Waals surface area contributed by atoms with Gasteiger partial charge in [-0.25, -0.2) is 4.79 Å². The fourth-order valence-corrected chi connectivity index (χ4v) is 6.16. The van der Waals surface area contributed by atoms with Crippen LogP contribution in [0.4, 0.5) is 5.00 Å². The lowest BCUT2D eigenvalue weighted by Gasteiger charge is -2.36. The van der Waals surface area contributed by atoms with Crippen LogP contribution in [0.3, 0.4) is 0 Å². The second kappa shape index (κ2) is 11.9. The summed E-state index contributed by atoms with van der Waals surface area (Å²) in [5.74, 6) is -0.316. The van der Waals surface area contributed by atoms with Gasteiger partial charge >= 0.3 is 5.97 Å². The quantitative estimate of drug-likeness (QED) is 0.228. The zero-order chi connectivity index (χ0) is 25.6. The number of benzene rings is 3. The summed E-state index contributed by atoms with van der Waals surface area (Å²) in [5.41, 5.74) is 3.11. The summed E-state index contributed by atoms with van der Waals surface area (Å²) >= 11 is 7.36. The number of carbonyl (C=O) groups is 1. The minimum atomic E-state index is -0.316. The Balaban J connectivity index is 1.23. The first-order valence-electron chi connectivity index (χ1n) is 12.7. The average Bonchev–Trinajstić information content (AvgIpc) is 3.32. The van der Waals surface area contributed by atoms with Gasteiger partial charge in [-0.1, -0.05) is 72.8 Å². The van der Waals surface area contributed by atoms with Crippen molar-refractivity contribution in [2.45, 2.75) is 19.9 Å². The molecule has 0 saturated carbocycles. The highest BCUT2D eigenvalue weighted by molar-refractivity contribution is 7.80. The van der Waals surface area contributed by atoms with Gasteiger partial charge in [-0.2, -0.15) is 0 Å². The Morgan fingerprint density at radius 1 is 0.973 bits per heavy atom.